The number of carbonyl (C=O) groups excluding carboxylic acids is 2. The van der Waals surface area contributed by atoms with Gasteiger partial charge in [0.1, 0.15) is 5.76 Å². The Morgan fingerprint density at radius 2 is 1.92 bits per heavy atom. The molecule has 0 saturated carbocycles. The third-order valence-electron chi connectivity index (χ3n) is 4.27. The van der Waals surface area contributed by atoms with Crippen LogP contribution in [0.2, 0.25) is 0 Å². The van der Waals surface area contributed by atoms with Crippen molar-refractivity contribution in [2.75, 3.05) is 32.8 Å². The number of aromatic nitrogens is 2. The van der Waals surface area contributed by atoms with E-state index in [0.717, 1.165) is 5.56 Å². The molecule has 0 unspecified atom stereocenters. The van der Waals surface area contributed by atoms with Gasteiger partial charge in [0.25, 0.3) is 5.89 Å². The van der Waals surface area contributed by atoms with Crippen molar-refractivity contribution in [3.63, 3.8) is 0 Å². The van der Waals surface area contributed by atoms with E-state index in [1.165, 1.54) is 0 Å². The number of piperazine rings is 1. The second-order valence-electron chi connectivity index (χ2n) is 5.96. The summed E-state index contributed by atoms with van der Waals surface area (Å²) >= 11 is 0. The van der Waals surface area contributed by atoms with Gasteiger partial charge in [0, 0.05) is 39.0 Å². The quantitative estimate of drug-likeness (QED) is 0.800. The average molecular weight is 362 g/mol. The number of amides is 2. The van der Waals surface area contributed by atoms with Gasteiger partial charge in [-0.3, -0.25) is 4.79 Å². The summed E-state index contributed by atoms with van der Waals surface area (Å²) in [6.07, 6.45) is 1.90. The summed E-state index contributed by atoms with van der Waals surface area (Å²) < 4.78 is 15.8. The largest absolute Gasteiger partial charge is 0.469 e. The van der Waals surface area contributed by atoms with E-state index in [2.05, 4.69) is 10.2 Å². The number of hydrogen-bond donors (Lipinski definition) is 0. The molecule has 0 atom stereocenters. The predicted molar refractivity (Wildman–Crippen MR) is 90.2 cm³/mol. The van der Waals surface area contributed by atoms with Crippen LogP contribution in [-0.2, 0) is 16.0 Å². The van der Waals surface area contributed by atoms with Gasteiger partial charge in [-0.1, -0.05) is 0 Å². The number of nitrogens with zero attached hydrogens (tertiary/aromatic N) is 4. The summed E-state index contributed by atoms with van der Waals surface area (Å²) in [4.78, 5) is 27.4. The highest BCUT2D eigenvalue weighted by Crippen LogP contribution is 2.23. The lowest BCUT2D eigenvalue weighted by molar-refractivity contribution is -0.132. The van der Waals surface area contributed by atoms with Gasteiger partial charge in [-0.05, 0) is 19.9 Å². The molecular weight excluding hydrogens is 340 g/mol. The highest BCUT2D eigenvalue weighted by molar-refractivity contribution is 5.77. The van der Waals surface area contributed by atoms with Crippen LogP contribution < -0.4 is 0 Å². The number of aryl methyl sites for hydroxylation is 2. The monoisotopic (exact) mass is 362 g/mol. The topological polar surface area (TPSA) is 102 Å². The maximum atomic E-state index is 12.3. The van der Waals surface area contributed by atoms with Crippen molar-refractivity contribution in [1.82, 2.24) is 20.0 Å². The molecule has 1 saturated heterocycles. The van der Waals surface area contributed by atoms with E-state index in [-0.39, 0.29) is 18.4 Å². The first-order chi connectivity index (χ1) is 12.6. The van der Waals surface area contributed by atoms with Crippen molar-refractivity contribution >= 4 is 12.0 Å². The Bertz CT molecular complexity index is 761. The van der Waals surface area contributed by atoms with Crippen molar-refractivity contribution in [2.24, 2.45) is 0 Å². The van der Waals surface area contributed by atoms with Gasteiger partial charge in [-0.15, -0.1) is 10.2 Å². The second-order valence-corrected chi connectivity index (χ2v) is 5.96. The summed E-state index contributed by atoms with van der Waals surface area (Å²) in [5.41, 5.74) is 0.755. The van der Waals surface area contributed by atoms with E-state index in [1.54, 1.807) is 29.1 Å². The molecule has 1 aliphatic rings. The van der Waals surface area contributed by atoms with E-state index >= 15 is 0 Å². The number of ether oxygens (including phenoxy) is 1. The fourth-order valence-corrected chi connectivity index (χ4v) is 2.80. The first kappa shape index (κ1) is 18.0. The molecule has 0 radical (unpaired) electrons. The number of rotatable bonds is 5. The fraction of sp³-hybridized carbons (Fsp3) is 0.529. The van der Waals surface area contributed by atoms with Crippen LogP contribution in [0.1, 0.15) is 25.0 Å². The lowest BCUT2D eigenvalue weighted by Gasteiger charge is -2.34. The molecule has 140 valence electrons. The first-order valence-corrected chi connectivity index (χ1v) is 8.64. The van der Waals surface area contributed by atoms with Crippen LogP contribution in [0.25, 0.3) is 11.5 Å². The molecule has 2 aromatic rings. The van der Waals surface area contributed by atoms with Crippen LogP contribution in [-0.4, -0.2) is 64.8 Å². The minimum absolute atomic E-state index is 0.00718. The highest BCUT2D eigenvalue weighted by Gasteiger charge is 2.25. The van der Waals surface area contributed by atoms with E-state index in [9.17, 15) is 9.59 Å². The Morgan fingerprint density at radius 3 is 2.58 bits per heavy atom. The Hall–Kier alpha value is -2.84. The molecule has 26 heavy (non-hydrogen) atoms. The van der Waals surface area contributed by atoms with Gasteiger partial charge < -0.3 is 23.4 Å². The zero-order valence-electron chi connectivity index (χ0n) is 14.9. The van der Waals surface area contributed by atoms with E-state index in [1.807, 2.05) is 6.92 Å². The molecule has 0 aliphatic carbocycles. The van der Waals surface area contributed by atoms with Crippen LogP contribution in [0.4, 0.5) is 4.79 Å². The minimum Gasteiger partial charge on any atom is -0.469 e. The zero-order valence-corrected chi connectivity index (χ0v) is 14.9. The van der Waals surface area contributed by atoms with Gasteiger partial charge in [-0.25, -0.2) is 4.79 Å². The van der Waals surface area contributed by atoms with Gasteiger partial charge in [0.15, 0.2) is 0 Å². The fourth-order valence-electron chi connectivity index (χ4n) is 2.80. The smallest absolute Gasteiger partial charge is 0.409 e. The molecule has 0 bridgehead atoms. The second kappa shape index (κ2) is 8.03. The lowest BCUT2D eigenvalue weighted by Crippen LogP contribution is -2.50. The molecule has 1 fully saturated rings. The van der Waals surface area contributed by atoms with Crippen LogP contribution in [0.15, 0.2) is 21.2 Å². The first-order valence-electron chi connectivity index (χ1n) is 8.64. The minimum atomic E-state index is -0.326. The van der Waals surface area contributed by atoms with Crippen molar-refractivity contribution in [2.45, 2.75) is 26.7 Å². The summed E-state index contributed by atoms with van der Waals surface area (Å²) in [6, 6.07) is 1.76. The molecular formula is C17H22N4O5. The molecule has 3 rings (SSSR count). The van der Waals surface area contributed by atoms with Crippen LogP contribution in [0.3, 0.4) is 0 Å². The molecule has 1 aliphatic heterocycles. The number of furan rings is 1. The van der Waals surface area contributed by atoms with Gasteiger partial charge in [0.2, 0.25) is 11.8 Å². The summed E-state index contributed by atoms with van der Waals surface area (Å²) in [6.45, 7) is 5.90. The number of hydrogen-bond acceptors (Lipinski definition) is 7. The normalized spacial score (nSPS) is 14.5. The Kier molecular flexibility index (Phi) is 5.55. The SMILES string of the molecule is CCOC(=O)N1CCN(C(=O)CCc2nnc(-c3ccoc3C)o2)CC1. The van der Waals surface area contributed by atoms with E-state index < -0.39 is 0 Å². The summed E-state index contributed by atoms with van der Waals surface area (Å²) in [7, 11) is 0. The van der Waals surface area contributed by atoms with Crippen LogP contribution in [0, 0.1) is 6.92 Å². The summed E-state index contributed by atoms with van der Waals surface area (Å²) in [5.74, 6) is 1.52. The highest BCUT2D eigenvalue weighted by atomic mass is 16.6. The van der Waals surface area contributed by atoms with Gasteiger partial charge in [-0.2, -0.15) is 0 Å². The lowest BCUT2D eigenvalue weighted by atomic mass is 10.2. The Balaban J connectivity index is 1.47. The van der Waals surface area contributed by atoms with Crippen molar-refractivity contribution in [3.8, 4) is 11.5 Å². The number of carbonyl (C=O) groups is 2. The third kappa shape index (κ3) is 4.04. The maximum Gasteiger partial charge on any atom is 0.409 e. The van der Waals surface area contributed by atoms with E-state index in [0.29, 0.717) is 56.7 Å². The molecule has 0 spiro atoms. The van der Waals surface area contributed by atoms with Gasteiger partial charge in [0.05, 0.1) is 18.4 Å². The third-order valence-corrected chi connectivity index (χ3v) is 4.27. The Morgan fingerprint density at radius 1 is 1.19 bits per heavy atom. The standard InChI is InChI=1S/C17H22N4O5/c1-3-24-17(23)21-9-7-20(8-10-21)15(22)5-4-14-18-19-16(26-14)13-6-11-25-12(13)2/h6,11H,3-5,7-10H2,1-2H3. The molecule has 9 nitrogen and oxygen atoms in total. The predicted octanol–water partition coefficient (Wildman–Crippen LogP) is 1.87. The average Bonchev–Trinajstić information content (AvgIpc) is 3.28. The van der Waals surface area contributed by atoms with E-state index in [4.69, 9.17) is 13.6 Å². The summed E-state index contributed by atoms with van der Waals surface area (Å²) in [5, 5.41) is 7.98. The molecule has 2 aromatic heterocycles. The molecule has 0 aromatic carbocycles. The molecule has 9 heteroatoms. The Labute approximate surface area is 150 Å². The zero-order chi connectivity index (χ0) is 18.5. The van der Waals surface area contributed by atoms with Crippen molar-refractivity contribution in [3.05, 3.63) is 24.0 Å². The van der Waals surface area contributed by atoms with Crippen molar-refractivity contribution < 1.29 is 23.2 Å². The van der Waals surface area contributed by atoms with Crippen molar-refractivity contribution in [1.29, 1.82) is 0 Å². The maximum absolute atomic E-state index is 12.3. The van der Waals surface area contributed by atoms with Crippen LogP contribution in [0.5, 0.6) is 0 Å². The molecule has 2 amide bonds. The molecule has 0 N–H and O–H groups in total. The molecule has 3 heterocycles. The van der Waals surface area contributed by atoms with Crippen LogP contribution >= 0.6 is 0 Å². The van der Waals surface area contributed by atoms with Gasteiger partial charge >= 0.3 is 6.09 Å².